The Morgan fingerprint density at radius 1 is 1.23 bits per heavy atom. The van der Waals surface area contributed by atoms with Gasteiger partial charge < -0.3 is 4.90 Å². The summed E-state index contributed by atoms with van der Waals surface area (Å²) in [6.45, 7) is 15.2. The van der Waals surface area contributed by atoms with Gasteiger partial charge in [0, 0.05) is 24.6 Å². The number of likely N-dealkylation sites (tertiary alicyclic amines) is 1. The molecule has 1 saturated heterocycles. The van der Waals surface area contributed by atoms with Crippen molar-refractivity contribution in [1.82, 2.24) is 14.7 Å². The minimum atomic E-state index is -0.0178. The molecule has 22 heavy (non-hydrogen) atoms. The lowest BCUT2D eigenvalue weighted by Gasteiger charge is -2.33. The molecule has 0 bridgehead atoms. The van der Waals surface area contributed by atoms with Crippen molar-refractivity contribution in [3.63, 3.8) is 0 Å². The van der Waals surface area contributed by atoms with Crippen molar-refractivity contribution >= 4 is 0 Å². The minimum absolute atomic E-state index is 0.0178. The zero-order chi connectivity index (χ0) is 16.3. The molecular formula is C18H31N3O. The molecule has 4 nitrogen and oxygen atoms in total. The number of aromatic nitrogens is 2. The molecule has 2 rings (SSSR count). The Balaban J connectivity index is 1.99. The monoisotopic (exact) mass is 305 g/mol. The van der Waals surface area contributed by atoms with Crippen molar-refractivity contribution in [3.05, 3.63) is 28.2 Å². The molecule has 0 aromatic carbocycles. The first kappa shape index (κ1) is 17.2. The third-order valence-corrected chi connectivity index (χ3v) is 4.40. The van der Waals surface area contributed by atoms with E-state index in [-0.39, 0.29) is 11.0 Å². The zero-order valence-corrected chi connectivity index (χ0v) is 14.8. The molecule has 4 heteroatoms. The Bertz CT molecular complexity index is 534. The normalized spacial score (nSPS) is 18.1. The van der Waals surface area contributed by atoms with Crippen LogP contribution in [0.15, 0.2) is 16.9 Å². The standard InChI is InChI=1S/C18H31N3O/c1-14(2)12-20-10-8-15(9-11-20)13-21-17(22)7-6-16(19-21)18(3,4)5/h6-7,14-15H,8-13H2,1-5H3. The fourth-order valence-corrected chi connectivity index (χ4v) is 3.09. The summed E-state index contributed by atoms with van der Waals surface area (Å²) < 4.78 is 1.68. The van der Waals surface area contributed by atoms with Crippen LogP contribution in [0.2, 0.25) is 0 Å². The number of hydrogen-bond donors (Lipinski definition) is 0. The number of piperidine rings is 1. The van der Waals surface area contributed by atoms with Crippen LogP contribution in [0.1, 0.15) is 53.2 Å². The van der Waals surface area contributed by atoms with Crippen molar-refractivity contribution in [1.29, 1.82) is 0 Å². The highest BCUT2D eigenvalue weighted by atomic mass is 16.1. The van der Waals surface area contributed by atoms with Crippen molar-refractivity contribution in [3.8, 4) is 0 Å². The molecule has 0 amide bonds. The van der Waals surface area contributed by atoms with Crippen LogP contribution in [0.3, 0.4) is 0 Å². The average molecular weight is 305 g/mol. The van der Waals surface area contributed by atoms with Crippen molar-refractivity contribution < 1.29 is 0 Å². The molecule has 0 atom stereocenters. The number of nitrogens with zero attached hydrogens (tertiary/aromatic N) is 3. The van der Waals surface area contributed by atoms with Crippen LogP contribution < -0.4 is 5.56 Å². The fourth-order valence-electron chi connectivity index (χ4n) is 3.09. The molecule has 1 aromatic heterocycles. The number of hydrogen-bond acceptors (Lipinski definition) is 3. The molecule has 0 N–H and O–H groups in total. The molecule has 0 radical (unpaired) electrons. The highest BCUT2D eigenvalue weighted by Crippen LogP contribution is 2.21. The second kappa shape index (κ2) is 6.95. The highest BCUT2D eigenvalue weighted by molar-refractivity contribution is 5.10. The van der Waals surface area contributed by atoms with E-state index in [1.165, 1.54) is 19.4 Å². The van der Waals surface area contributed by atoms with E-state index in [9.17, 15) is 4.79 Å². The molecule has 1 aromatic rings. The van der Waals surface area contributed by atoms with Crippen LogP contribution in [0.4, 0.5) is 0 Å². The molecule has 1 aliphatic rings. The van der Waals surface area contributed by atoms with Gasteiger partial charge >= 0.3 is 0 Å². The molecular weight excluding hydrogens is 274 g/mol. The molecule has 0 unspecified atom stereocenters. The topological polar surface area (TPSA) is 38.1 Å². The summed E-state index contributed by atoms with van der Waals surface area (Å²) in [7, 11) is 0. The van der Waals surface area contributed by atoms with Crippen molar-refractivity contribution in [2.24, 2.45) is 11.8 Å². The summed E-state index contributed by atoms with van der Waals surface area (Å²) in [6.07, 6.45) is 2.33. The Morgan fingerprint density at radius 3 is 2.41 bits per heavy atom. The summed E-state index contributed by atoms with van der Waals surface area (Å²) in [5.74, 6) is 1.30. The van der Waals surface area contributed by atoms with Crippen molar-refractivity contribution in [2.75, 3.05) is 19.6 Å². The van der Waals surface area contributed by atoms with Gasteiger partial charge in [-0.2, -0.15) is 5.10 Å². The average Bonchev–Trinajstić information content (AvgIpc) is 2.41. The minimum Gasteiger partial charge on any atom is -0.303 e. The van der Waals surface area contributed by atoms with Gasteiger partial charge in [-0.3, -0.25) is 4.79 Å². The first-order valence-corrected chi connectivity index (χ1v) is 8.56. The molecule has 124 valence electrons. The predicted molar refractivity (Wildman–Crippen MR) is 91.2 cm³/mol. The van der Waals surface area contributed by atoms with E-state index >= 15 is 0 Å². The molecule has 0 aliphatic carbocycles. The summed E-state index contributed by atoms with van der Waals surface area (Å²) in [6, 6.07) is 3.53. The maximum Gasteiger partial charge on any atom is 0.266 e. The fraction of sp³-hybridized carbons (Fsp3) is 0.778. The van der Waals surface area contributed by atoms with Crippen LogP contribution in [-0.4, -0.2) is 34.3 Å². The summed E-state index contributed by atoms with van der Waals surface area (Å²) in [5.41, 5.74) is 0.998. The van der Waals surface area contributed by atoms with E-state index in [2.05, 4.69) is 44.6 Å². The van der Waals surface area contributed by atoms with Gasteiger partial charge in [-0.05, 0) is 43.8 Å². The smallest absolute Gasteiger partial charge is 0.266 e. The van der Waals surface area contributed by atoms with Crippen LogP contribution in [0.25, 0.3) is 0 Å². The van der Waals surface area contributed by atoms with Gasteiger partial charge in [0.15, 0.2) is 0 Å². The maximum atomic E-state index is 12.1. The molecule has 0 saturated carbocycles. The molecule has 2 heterocycles. The van der Waals surface area contributed by atoms with Gasteiger partial charge in [-0.25, -0.2) is 4.68 Å². The van der Waals surface area contributed by atoms with E-state index in [0.29, 0.717) is 5.92 Å². The first-order chi connectivity index (χ1) is 10.3. The van der Waals surface area contributed by atoms with E-state index < -0.39 is 0 Å². The first-order valence-electron chi connectivity index (χ1n) is 8.56. The second-order valence-electron chi connectivity index (χ2n) is 8.13. The number of rotatable bonds is 4. The van der Waals surface area contributed by atoms with Crippen LogP contribution in [0, 0.1) is 11.8 Å². The molecule has 0 spiro atoms. The Hall–Kier alpha value is -1.16. The van der Waals surface area contributed by atoms with Crippen LogP contribution >= 0.6 is 0 Å². The largest absolute Gasteiger partial charge is 0.303 e. The lowest BCUT2D eigenvalue weighted by atomic mass is 9.92. The SMILES string of the molecule is CC(C)CN1CCC(Cn2nc(C(C)(C)C)ccc2=O)CC1. The second-order valence-corrected chi connectivity index (χ2v) is 8.13. The van der Waals surface area contributed by atoms with Crippen molar-refractivity contribution in [2.45, 2.75) is 59.4 Å². The van der Waals surface area contributed by atoms with Gasteiger partial charge in [0.1, 0.15) is 0 Å². The van der Waals surface area contributed by atoms with Crippen LogP contribution in [-0.2, 0) is 12.0 Å². The Kier molecular flexibility index (Phi) is 5.43. The zero-order valence-electron chi connectivity index (χ0n) is 14.8. The summed E-state index contributed by atoms with van der Waals surface area (Å²) in [5, 5.41) is 4.60. The van der Waals surface area contributed by atoms with Gasteiger partial charge in [0.05, 0.1) is 5.69 Å². The van der Waals surface area contributed by atoms with E-state index in [1.807, 2.05) is 6.07 Å². The predicted octanol–water partition coefficient (Wildman–Crippen LogP) is 2.91. The highest BCUT2D eigenvalue weighted by Gasteiger charge is 2.22. The van der Waals surface area contributed by atoms with Gasteiger partial charge in [0.25, 0.3) is 5.56 Å². The third kappa shape index (κ3) is 4.67. The van der Waals surface area contributed by atoms with Gasteiger partial charge in [-0.1, -0.05) is 34.6 Å². The quantitative estimate of drug-likeness (QED) is 0.858. The van der Waals surface area contributed by atoms with E-state index in [0.717, 1.165) is 31.2 Å². The van der Waals surface area contributed by atoms with Crippen LogP contribution in [0.5, 0.6) is 0 Å². The third-order valence-electron chi connectivity index (χ3n) is 4.40. The van der Waals surface area contributed by atoms with Gasteiger partial charge in [0.2, 0.25) is 0 Å². The lowest BCUT2D eigenvalue weighted by Crippen LogP contribution is -2.38. The summed E-state index contributed by atoms with van der Waals surface area (Å²) >= 11 is 0. The van der Waals surface area contributed by atoms with E-state index in [4.69, 9.17) is 0 Å². The maximum absolute atomic E-state index is 12.1. The molecule has 1 aliphatic heterocycles. The Labute approximate surface area is 134 Å². The summed E-state index contributed by atoms with van der Waals surface area (Å²) in [4.78, 5) is 14.6. The molecule has 1 fully saturated rings. The lowest BCUT2D eigenvalue weighted by molar-refractivity contribution is 0.155. The van der Waals surface area contributed by atoms with Gasteiger partial charge in [-0.15, -0.1) is 0 Å². The Morgan fingerprint density at radius 2 is 1.86 bits per heavy atom. The van der Waals surface area contributed by atoms with E-state index in [1.54, 1.807) is 10.7 Å².